The van der Waals surface area contributed by atoms with Gasteiger partial charge >= 0.3 is 0 Å². The average molecular weight is 352 g/mol. The summed E-state index contributed by atoms with van der Waals surface area (Å²) in [6.45, 7) is 3.11. The van der Waals surface area contributed by atoms with Gasteiger partial charge in [0, 0.05) is 24.7 Å². The van der Waals surface area contributed by atoms with E-state index in [1.807, 2.05) is 0 Å². The Bertz CT molecular complexity index is 707. The minimum atomic E-state index is -3.01. The number of anilines is 1. The minimum absolute atomic E-state index is 0.0146. The third-order valence-corrected chi connectivity index (χ3v) is 6.61. The second kappa shape index (κ2) is 7.04. The highest BCUT2D eigenvalue weighted by Gasteiger charge is 2.30. The molecule has 2 saturated heterocycles. The number of piperidine rings is 1. The topological polar surface area (TPSA) is 92.3 Å². The molecule has 0 radical (unpaired) electrons. The van der Waals surface area contributed by atoms with Crippen molar-refractivity contribution in [2.75, 3.05) is 23.0 Å². The molecule has 2 aliphatic rings. The van der Waals surface area contributed by atoms with Crippen LogP contribution in [-0.2, 0) is 9.84 Å². The third-order valence-electron chi connectivity index (χ3n) is 4.85. The Balaban J connectivity index is 1.71. The second-order valence-corrected chi connectivity index (χ2v) is 8.81. The maximum atomic E-state index is 12.4. The summed E-state index contributed by atoms with van der Waals surface area (Å²) in [4.78, 5) is 23.0. The minimum Gasteiger partial charge on any atom is -0.354 e. The summed E-state index contributed by atoms with van der Waals surface area (Å²) in [5.41, 5.74) is 0.296. The molecule has 7 nitrogen and oxygen atoms in total. The van der Waals surface area contributed by atoms with Gasteiger partial charge < -0.3 is 10.2 Å². The quantitative estimate of drug-likeness (QED) is 0.874. The number of hydrogen-bond donors (Lipinski definition) is 1. The fourth-order valence-electron chi connectivity index (χ4n) is 3.52. The lowest BCUT2D eigenvalue weighted by molar-refractivity contribution is 0.0936. The molecule has 0 aromatic carbocycles. The van der Waals surface area contributed by atoms with Gasteiger partial charge in [0.25, 0.3) is 5.91 Å². The number of hydrogen-bond acceptors (Lipinski definition) is 6. The molecule has 132 valence electrons. The van der Waals surface area contributed by atoms with Crippen molar-refractivity contribution in [3.8, 4) is 0 Å². The van der Waals surface area contributed by atoms with E-state index in [4.69, 9.17) is 0 Å². The number of sulfone groups is 1. The predicted octanol–water partition coefficient (Wildman–Crippen LogP) is 1.16. The van der Waals surface area contributed by atoms with Crippen molar-refractivity contribution in [2.24, 2.45) is 0 Å². The first kappa shape index (κ1) is 17.1. The summed E-state index contributed by atoms with van der Waals surface area (Å²) in [6.07, 6.45) is 6.42. The highest BCUT2D eigenvalue weighted by molar-refractivity contribution is 7.91. The van der Waals surface area contributed by atoms with Crippen molar-refractivity contribution in [3.63, 3.8) is 0 Å². The number of nitrogens with one attached hydrogen (secondary N) is 1. The molecule has 2 unspecified atom stereocenters. The second-order valence-electron chi connectivity index (χ2n) is 6.59. The molecular formula is C16H24N4O3S. The van der Waals surface area contributed by atoms with Gasteiger partial charge in [0.05, 0.1) is 11.5 Å². The van der Waals surface area contributed by atoms with Crippen molar-refractivity contribution in [1.29, 1.82) is 0 Å². The number of carbonyl (C=O) groups is 1. The lowest BCUT2D eigenvalue weighted by Gasteiger charge is -2.36. The van der Waals surface area contributed by atoms with Crippen molar-refractivity contribution < 1.29 is 13.2 Å². The predicted molar refractivity (Wildman–Crippen MR) is 91.8 cm³/mol. The Labute approximate surface area is 142 Å². The maximum Gasteiger partial charge on any atom is 0.270 e. The van der Waals surface area contributed by atoms with Crippen LogP contribution >= 0.6 is 0 Å². The van der Waals surface area contributed by atoms with Crippen LogP contribution in [0.25, 0.3) is 0 Å². The fraction of sp³-hybridized carbons (Fsp3) is 0.688. The largest absolute Gasteiger partial charge is 0.354 e. The van der Waals surface area contributed by atoms with E-state index in [2.05, 4.69) is 27.1 Å². The molecule has 0 saturated carbocycles. The molecule has 0 aliphatic carbocycles. The number of rotatable bonds is 4. The van der Waals surface area contributed by atoms with Crippen LogP contribution in [0, 0.1) is 0 Å². The molecule has 2 atom stereocenters. The Kier molecular flexibility index (Phi) is 5.03. The number of carbonyl (C=O) groups excluding carboxylic acids is 1. The van der Waals surface area contributed by atoms with Crippen molar-refractivity contribution in [3.05, 3.63) is 18.1 Å². The van der Waals surface area contributed by atoms with Gasteiger partial charge in [-0.15, -0.1) is 0 Å². The zero-order valence-corrected chi connectivity index (χ0v) is 14.8. The van der Waals surface area contributed by atoms with E-state index < -0.39 is 9.84 Å². The molecule has 0 bridgehead atoms. The molecule has 2 aliphatic heterocycles. The standard InChI is InChI=1S/C16H24N4O3S/c1-2-13-5-3-4-7-20(13)15-9-14(17-11-18-15)16(21)19-12-6-8-24(22,23)10-12/h9,11-13H,2-8,10H2,1H3,(H,19,21). The van der Waals surface area contributed by atoms with E-state index >= 15 is 0 Å². The molecule has 8 heteroatoms. The van der Waals surface area contributed by atoms with Crippen LogP contribution in [0.1, 0.15) is 49.5 Å². The summed E-state index contributed by atoms with van der Waals surface area (Å²) in [7, 11) is -3.01. The van der Waals surface area contributed by atoms with Crippen LogP contribution in [0.5, 0.6) is 0 Å². The van der Waals surface area contributed by atoms with Crippen LogP contribution in [-0.4, -0.2) is 54.4 Å². The van der Waals surface area contributed by atoms with Gasteiger partial charge in [0.15, 0.2) is 9.84 Å². The molecule has 1 amide bonds. The lowest BCUT2D eigenvalue weighted by atomic mass is 10.00. The first-order valence-corrected chi connectivity index (χ1v) is 10.4. The molecule has 2 fully saturated rings. The number of nitrogens with zero attached hydrogens (tertiary/aromatic N) is 3. The summed E-state index contributed by atoms with van der Waals surface area (Å²) < 4.78 is 23.0. The smallest absolute Gasteiger partial charge is 0.270 e. The number of amides is 1. The molecule has 0 spiro atoms. The molecular weight excluding hydrogens is 328 g/mol. The first-order chi connectivity index (χ1) is 11.5. The Morgan fingerprint density at radius 3 is 2.88 bits per heavy atom. The van der Waals surface area contributed by atoms with Gasteiger partial charge in [-0.1, -0.05) is 6.92 Å². The maximum absolute atomic E-state index is 12.4. The Morgan fingerprint density at radius 2 is 2.17 bits per heavy atom. The van der Waals surface area contributed by atoms with Gasteiger partial charge in [-0.3, -0.25) is 4.79 Å². The summed E-state index contributed by atoms with van der Waals surface area (Å²) >= 11 is 0. The fourth-order valence-corrected chi connectivity index (χ4v) is 5.20. The van der Waals surface area contributed by atoms with Gasteiger partial charge in [0.2, 0.25) is 0 Å². The van der Waals surface area contributed by atoms with E-state index in [1.165, 1.54) is 12.7 Å². The van der Waals surface area contributed by atoms with Gasteiger partial charge in [-0.2, -0.15) is 0 Å². The zero-order chi connectivity index (χ0) is 17.2. The summed E-state index contributed by atoms with van der Waals surface area (Å²) in [6, 6.07) is 1.84. The van der Waals surface area contributed by atoms with Crippen LogP contribution in [0.2, 0.25) is 0 Å². The van der Waals surface area contributed by atoms with Crippen LogP contribution in [0.3, 0.4) is 0 Å². The van der Waals surface area contributed by atoms with Gasteiger partial charge in [-0.05, 0) is 32.1 Å². The highest BCUT2D eigenvalue weighted by Crippen LogP contribution is 2.25. The average Bonchev–Trinajstić information content (AvgIpc) is 2.93. The highest BCUT2D eigenvalue weighted by atomic mass is 32.2. The van der Waals surface area contributed by atoms with Crippen molar-refractivity contribution >= 4 is 21.6 Å². The van der Waals surface area contributed by atoms with E-state index in [0.29, 0.717) is 18.2 Å². The molecule has 1 aromatic rings. The monoisotopic (exact) mass is 352 g/mol. The molecule has 1 N–H and O–H groups in total. The molecule has 1 aromatic heterocycles. The van der Waals surface area contributed by atoms with Gasteiger partial charge in [-0.25, -0.2) is 18.4 Å². The Morgan fingerprint density at radius 1 is 1.33 bits per heavy atom. The number of aromatic nitrogens is 2. The SMILES string of the molecule is CCC1CCCCN1c1cc(C(=O)NC2CCS(=O)(=O)C2)ncn1. The molecule has 24 heavy (non-hydrogen) atoms. The summed E-state index contributed by atoms with van der Waals surface area (Å²) in [5.74, 6) is 0.603. The van der Waals surface area contributed by atoms with E-state index in [-0.39, 0.29) is 23.5 Å². The van der Waals surface area contributed by atoms with Crippen molar-refractivity contribution in [2.45, 2.75) is 51.1 Å². The normalized spacial score (nSPS) is 26.3. The van der Waals surface area contributed by atoms with E-state index in [1.54, 1.807) is 6.07 Å². The van der Waals surface area contributed by atoms with Crippen LogP contribution in [0.4, 0.5) is 5.82 Å². The Hall–Kier alpha value is -1.70. The van der Waals surface area contributed by atoms with Crippen molar-refractivity contribution in [1.82, 2.24) is 15.3 Å². The van der Waals surface area contributed by atoms with Crippen LogP contribution in [0.15, 0.2) is 12.4 Å². The van der Waals surface area contributed by atoms with Crippen LogP contribution < -0.4 is 10.2 Å². The van der Waals surface area contributed by atoms with E-state index in [9.17, 15) is 13.2 Å². The first-order valence-electron chi connectivity index (χ1n) is 8.58. The van der Waals surface area contributed by atoms with E-state index in [0.717, 1.165) is 31.6 Å². The molecule has 3 rings (SSSR count). The molecule has 3 heterocycles. The third kappa shape index (κ3) is 3.85. The zero-order valence-electron chi connectivity index (χ0n) is 13.9. The lowest BCUT2D eigenvalue weighted by Crippen LogP contribution is -2.40. The summed E-state index contributed by atoms with van der Waals surface area (Å²) in [5, 5.41) is 2.78. The van der Waals surface area contributed by atoms with Gasteiger partial charge in [0.1, 0.15) is 17.8 Å².